The molecular formula is C43H57N4O4+. The van der Waals surface area contributed by atoms with Crippen LogP contribution < -0.4 is 5.32 Å². The van der Waals surface area contributed by atoms with Gasteiger partial charge in [0.1, 0.15) is 12.1 Å². The Kier molecular flexibility index (Phi) is 11.9. The van der Waals surface area contributed by atoms with Gasteiger partial charge >= 0.3 is 0 Å². The summed E-state index contributed by atoms with van der Waals surface area (Å²) >= 11 is 0. The van der Waals surface area contributed by atoms with Gasteiger partial charge in [-0.15, -0.1) is 0 Å². The molecule has 3 saturated heterocycles. The van der Waals surface area contributed by atoms with Crippen LogP contribution in [0.2, 0.25) is 0 Å². The molecule has 3 aromatic rings. The number of hydrogen-bond acceptors (Lipinski definition) is 4. The first-order chi connectivity index (χ1) is 24.8. The second-order valence-electron chi connectivity index (χ2n) is 15.3. The van der Waals surface area contributed by atoms with Gasteiger partial charge in [0.25, 0.3) is 0 Å². The number of nitrogens with one attached hydrogen (secondary N) is 1. The standard InChI is InChI=1S/C43H56N4O4/c1-3-25-47(26-4-2)27-15-16-33(32-47)30-44-41(50)38-23-14-24-45(38)42(51)39-28-37(48)31-46(39)40(49)29-43(34-17-8-5-9-18-34,35-19-10-6-11-20-35)36-21-12-7-13-22-36/h5-13,17-22,33,37-39,48H,3-4,14-16,23-32H2,1-2H3/p+1/t33-,37+,38+,39-/m0/s1. The van der Waals surface area contributed by atoms with Crippen LogP contribution in [0.1, 0.15) is 81.9 Å². The maximum Gasteiger partial charge on any atom is 0.246 e. The number of carbonyl (C=O) groups excluding carboxylic acids is 3. The lowest BCUT2D eigenvalue weighted by atomic mass is 9.67. The number of quaternary nitrogens is 1. The average Bonchev–Trinajstić information content (AvgIpc) is 3.81. The molecule has 0 radical (unpaired) electrons. The van der Waals surface area contributed by atoms with Gasteiger partial charge in [-0.3, -0.25) is 14.4 Å². The minimum atomic E-state index is -0.819. The summed E-state index contributed by atoms with van der Waals surface area (Å²) in [5.41, 5.74) is 2.12. The van der Waals surface area contributed by atoms with Crippen molar-refractivity contribution in [1.29, 1.82) is 0 Å². The Labute approximate surface area is 304 Å². The number of β-amino-alcohol motifs (C(OH)–C–C–N with tert-alkyl or cyclic N) is 1. The van der Waals surface area contributed by atoms with E-state index >= 15 is 0 Å². The van der Waals surface area contributed by atoms with Crippen molar-refractivity contribution in [2.45, 2.75) is 88.8 Å². The fourth-order valence-corrected chi connectivity index (χ4v) is 9.56. The van der Waals surface area contributed by atoms with Crippen LogP contribution in [0.3, 0.4) is 0 Å². The molecule has 3 fully saturated rings. The summed E-state index contributed by atoms with van der Waals surface area (Å²) in [5, 5.41) is 14.2. The van der Waals surface area contributed by atoms with Crippen molar-refractivity contribution < 1.29 is 24.0 Å². The van der Waals surface area contributed by atoms with E-state index in [9.17, 15) is 19.5 Å². The van der Waals surface area contributed by atoms with Gasteiger partial charge in [0.2, 0.25) is 17.7 Å². The number of likely N-dealkylation sites (tertiary alicyclic amines) is 3. The topological polar surface area (TPSA) is 89.9 Å². The number of nitrogens with zero attached hydrogens (tertiary/aromatic N) is 3. The average molecular weight is 694 g/mol. The number of aliphatic hydroxyl groups is 1. The minimum absolute atomic E-state index is 0.0862. The lowest BCUT2D eigenvalue weighted by Crippen LogP contribution is -2.57. The molecule has 8 nitrogen and oxygen atoms in total. The predicted octanol–water partition coefficient (Wildman–Crippen LogP) is 5.53. The molecule has 272 valence electrons. The summed E-state index contributed by atoms with van der Waals surface area (Å²) in [4.78, 5) is 46.0. The van der Waals surface area contributed by atoms with E-state index in [1.54, 1.807) is 9.80 Å². The highest BCUT2D eigenvalue weighted by atomic mass is 16.3. The predicted molar refractivity (Wildman–Crippen MR) is 201 cm³/mol. The Bertz CT molecular complexity index is 1490. The number of aliphatic hydroxyl groups excluding tert-OH is 1. The van der Waals surface area contributed by atoms with Crippen molar-refractivity contribution >= 4 is 17.7 Å². The van der Waals surface area contributed by atoms with Gasteiger partial charge in [-0.25, -0.2) is 0 Å². The highest BCUT2D eigenvalue weighted by Gasteiger charge is 2.47. The molecule has 3 aliphatic rings. The third-order valence-electron chi connectivity index (χ3n) is 11.8. The van der Waals surface area contributed by atoms with Crippen molar-refractivity contribution in [3.8, 4) is 0 Å². The molecule has 8 heteroatoms. The normalized spacial score (nSPS) is 23.3. The summed E-state index contributed by atoms with van der Waals surface area (Å²) in [6.45, 7) is 10.4. The van der Waals surface area contributed by atoms with Gasteiger partial charge in [-0.2, -0.15) is 0 Å². The summed E-state index contributed by atoms with van der Waals surface area (Å²) in [6, 6.07) is 28.8. The van der Waals surface area contributed by atoms with E-state index in [-0.39, 0.29) is 37.1 Å². The zero-order valence-corrected chi connectivity index (χ0v) is 30.6. The fourth-order valence-electron chi connectivity index (χ4n) is 9.56. The van der Waals surface area contributed by atoms with E-state index in [1.165, 1.54) is 38.9 Å². The van der Waals surface area contributed by atoms with Crippen LogP contribution in [0.25, 0.3) is 0 Å². The third kappa shape index (κ3) is 7.92. The van der Waals surface area contributed by atoms with Gasteiger partial charge in [-0.1, -0.05) is 105 Å². The molecule has 0 unspecified atom stereocenters. The van der Waals surface area contributed by atoms with E-state index in [0.717, 1.165) is 40.6 Å². The lowest BCUT2D eigenvalue weighted by molar-refractivity contribution is -0.935. The molecule has 0 aromatic heterocycles. The van der Waals surface area contributed by atoms with Crippen LogP contribution in [0.4, 0.5) is 0 Å². The third-order valence-corrected chi connectivity index (χ3v) is 11.8. The SMILES string of the molecule is CCC[N+]1(CCC)CCC[C@@H](CNC(=O)[C@H]2CCCN2C(=O)[C@@H]2C[C@@H](O)CN2C(=O)CC(c2ccccc2)(c2ccccc2)c2ccccc2)C1. The highest BCUT2D eigenvalue weighted by molar-refractivity contribution is 5.93. The molecule has 3 amide bonds. The van der Waals surface area contributed by atoms with Crippen molar-refractivity contribution in [1.82, 2.24) is 15.1 Å². The Hall–Kier alpha value is -4.01. The van der Waals surface area contributed by atoms with Gasteiger partial charge in [0.05, 0.1) is 37.7 Å². The minimum Gasteiger partial charge on any atom is -0.391 e. The number of hydrogen-bond donors (Lipinski definition) is 2. The van der Waals surface area contributed by atoms with E-state index in [0.29, 0.717) is 25.4 Å². The molecule has 2 N–H and O–H groups in total. The smallest absolute Gasteiger partial charge is 0.246 e. The Morgan fingerprint density at radius 1 is 0.784 bits per heavy atom. The van der Waals surface area contributed by atoms with Crippen LogP contribution in [0.5, 0.6) is 0 Å². The molecule has 4 atom stereocenters. The zero-order valence-electron chi connectivity index (χ0n) is 30.6. The monoisotopic (exact) mass is 693 g/mol. The first-order valence-corrected chi connectivity index (χ1v) is 19.4. The van der Waals surface area contributed by atoms with E-state index in [2.05, 4.69) is 55.6 Å². The zero-order chi connectivity index (χ0) is 35.8. The molecule has 0 saturated carbocycles. The van der Waals surface area contributed by atoms with Crippen LogP contribution in [0, 0.1) is 5.92 Å². The van der Waals surface area contributed by atoms with Crippen LogP contribution >= 0.6 is 0 Å². The van der Waals surface area contributed by atoms with Crippen LogP contribution in [0.15, 0.2) is 91.0 Å². The first-order valence-electron chi connectivity index (χ1n) is 19.4. The second kappa shape index (κ2) is 16.6. The number of carbonyl (C=O) groups is 3. The molecule has 3 aliphatic heterocycles. The first kappa shape index (κ1) is 36.8. The summed E-state index contributed by atoms with van der Waals surface area (Å²) in [7, 11) is 0. The highest BCUT2D eigenvalue weighted by Crippen LogP contribution is 2.43. The second-order valence-corrected chi connectivity index (χ2v) is 15.3. The number of amides is 3. The van der Waals surface area contributed by atoms with Crippen molar-refractivity contribution in [2.75, 3.05) is 45.8 Å². The molecule has 0 spiro atoms. The quantitative estimate of drug-likeness (QED) is 0.182. The maximum atomic E-state index is 14.7. The van der Waals surface area contributed by atoms with E-state index in [1.807, 2.05) is 54.6 Å². The summed E-state index contributed by atoms with van der Waals surface area (Å²) in [6.07, 6.45) is 5.42. The molecule has 6 rings (SSSR count). The fraction of sp³-hybridized carbons (Fsp3) is 0.512. The molecule has 3 heterocycles. The van der Waals surface area contributed by atoms with Gasteiger partial charge < -0.3 is 24.7 Å². The number of benzene rings is 3. The Morgan fingerprint density at radius 3 is 1.90 bits per heavy atom. The molecule has 0 aliphatic carbocycles. The Morgan fingerprint density at radius 2 is 1.35 bits per heavy atom. The molecular weight excluding hydrogens is 636 g/mol. The summed E-state index contributed by atoms with van der Waals surface area (Å²) in [5.74, 6) is -0.0898. The number of piperidine rings is 1. The molecule has 3 aromatic carbocycles. The van der Waals surface area contributed by atoms with Gasteiger partial charge in [0.15, 0.2) is 0 Å². The van der Waals surface area contributed by atoms with Crippen molar-refractivity contribution in [2.24, 2.45) is 5.92 Å². The largest absolute Gasteiger partial charge is 0.391 e. The van der Waals surface area contributed by atoms with Crippen molar-refractivity contribution in [3.05, 3.63) is 108 Å². The van der Waals surface area contributed by atoms with Crippen LogP contribution in [-0.4, -0.2) is 101 Å². The Balaban J connectivity index is 1.20. The van der Waals surface area contributed by atoms with Gasteiger partial charge in [0, 0.05) is 38.4 Å². The van der Waals surface area contributed by atoms with Crippen molar-refractivity contribution in [3.63, 3.8) is 0 Å². The lowest BCUT2D eigenvalue weighted by Gasteiger charge is -2.44. The molecule has 51 heavy (non-hydrogen) atoms. The van der Waals surface area contributed by atoms with E-state index < -0.39 is 23.6 Å². The van der Waals surface area contributed by atoms with Crippen LogP contribution in [-0.2, 0) is 19.8 Å². The maximum absolute atomic E-state index is 14.7. The van der Waals surface area contributed by atoms with E-state index in [4.69, 9.17) is 0 Å². The number of rotatable bonds is 13. The summed E-state index contributed by atoms with van der Waals surface area (Å²) < 4.78 is 1.15. The molecule has 0 bridgehead atoms. The van der Waals surface area contributed by atoms with Gasteiger partial charge in [-0.05, 0) is 55.2 Å².